The van der Waals surface area contributed by atoms with E-state index in [0.29, 0.717) is 32.6 Å². The summed E-state index contributed by atoms with van der Waals surface area (Å²) in [5.74, 6) is 0.0129. The summed E-state index contributed by atoms with van der Waals surface area (Å²) in [6.07, 6.45) is 5.92. The number of hydrogen-bond donors (Lipinski definition) is 1. The van der Waals surface area contributed by atoms with Gasteiger partial charge in [-0.05, 0) is 38.5 Å². The van der Waals surface area contributed by atoms with E-state index in [0.717, 1.165) is 17.8 Å². The van der Waals surface area contributed by atoms with Crippen LogP contribution in [0.1, 0.15) is 41.3 Å². The Labute approximate surface area is 153 Å². The van der Waals surface area contributed by atoms with Crippen molar-refractivity contribution in [2.24, 2.45) is 5.73 Å². The van der Waals surface area contributed by atoms with Gasteiger partial charge in [0.05, 0.1) is 17.8 Å². The summed E-state index contributed by atoms with van der Waals surface area (Å²) in [7, 11) is 1.83. The Bertz CT molecular complexity index is 509. The molecular formula is C15H25Cl2N3O2S. The summed E-state index contributed by atoms with van der Waals surface area (Å²) in [4.78, 5) is 20.4. The summed E-state index contributed by atoms with van der Waals surface area (Å²) in [6, 6.07) is 0. The smallest absolute Gasteiger partial charge is 0.242 e. The molecule has 1 aromatic heterocycles. The minimum Gasteiger partial charge on any atom is -0.381 e. The zero-order valence-electron chi connectivity index (χ0n) is 13.4. The van der Waals surface area contributed by atoms with Gasteiger partial charge in [-0.1, -0.05) is 0 Å². The average molecular weight is 382 g/mol. The molecule has 3 rings (SSSR count). The molecule has 1 fully saturated rings. The minimum absolute atomic E-state index is 0. The molecule has 2 aliphatic rings. The van der Waals surface area contributed by atoms with Crippen LogP contribution in [0.4, 0.5) is 0 Å². The highest BCUT2D eigenvalue weighted by molar-refractivity contribution is 7.11. The fourth-order valence-corrected chi connectivity index (χ4v) is 4.29. The van der Waals surface area contributed by atoms with Crippen LogP contribution in [0.2, 0.25) is 0 Å². The highest BCUT2D eigenvalue weighted by Crippen LogP contribution is 2.28. The molecule has 2 heterocycles. The van der Waals surface area contributed by atoms with Gasteiger partial charge in [0.15, 0.2) is 0 Å². The van der Waals surface area contributed by atoms with Crippen molar-refractivity contribution in [3.63, 3.8) is 0 Å². The maximum Gasteiger partial charge on any atom is 0.242 e. The fraction of sp³-hybridized carbons (Fsp3) is 0.733. The molecule has 1 amide bonds. The molecular weight excluding hydrogens is 357 g/mol. The Morgan fingerprint density at radius 2 is 1.96 bits per heavy atom. The number of carbonyl (C=O) groups excluding carboxylic acids is 1. The fourth-order valence-electron chi connectivity index (χ4n) is 3.08. The molecule has 0 spiro atoms. The third kappa shape index (κ3) is 4.57. The Balaban J connectivity index is 0.00000132. The number of hydrogen-bond acceptors (Lipinski definition) is 5. The number of carbonyl (C=O) groups is 1. The van der Waals surface area contributed by atoms with Crippen LogP contribution >= 0.6 is 36.2 Å². The number of fused-ring (bicyclic) bond motifs is 1. The van der Waals surface area contributed by atoms with Crippen molar-refractivity contribution >= 4 is 42.1 Å². The van der Waals surface area contributed by atoms with Crippen molar-refractivity contribution in [3.05, 3.63) is 15.6 Å². The van der Waals surface area contributed by atoms with E-state index in [2.05, 4.69) is 0 Å². The molecule has 8 heteroatoms. The zero-order chi connectivity index (χ0) is 14.9. The van der Waals surface area contributed by atoms with Crippen molar-refractivity contribution < 1.29 is 9.53 Å². The Morgan fingerprint density at radius 1 is 1.30 bits per heavy atom. The minimum atomic E-state index is -0.760. The number of thiazole rings is 1. The first-order valence-corrected chi connectivity index (χ1v) is 8.50. The van der Waals surface area contributed by atoms with E-state index in [1.165, 1.54) is 23.4 Å². The third-order valence-corrected chi connectivity index (χ3v) is 5.56. The normalized spacial score (nSPS) is 19.0. The van der Waals surface area contributed by atoms with Crippen LogP contribution in [0, 0.1) is 0 Å². The first-order chi connectivity index (χ1) is 10.1. The topological polar surface area (TPSA) is 68.5 Å². The van der Waals surface area contributed by atoms with Gasteiger partial charge in [-0.15, -0.1) is 36.2 Å². The van der Waals surface area contributed by atoms with Crippen LogP contribution in [0.5, 0.6) is 0 Å². The Hall–Kier alpha value is -0.400. The summed E-state index contributed by atoms with van der Waals surface area (Å²) in [5.41, 5.74) is 6.75. The van der Waals surface area contributed by atoms with Gasteiger partial charge in [0.1, 0.15) is 5.01 Å². The lowest BCUT2D eigenvalue weighted by Gasteiger charge is -2.35. The lowest BCUT2D eigenvalue weighted by molar-refractivity contribution is -0.139. The van der Waals surface area contributed by atoms with Crippen molar-refractivity contribution in [3.8, 4) is 0 Å². The van der Waals surface area contributed by atoms with E-state index >= 15 is 0 Å². The molecule has 1 saturated heterocycles. The molecule has 1 aliphatic carbocycles. The quantitative estimate of drug-likeness (QED) is 0.871. The lowest BCUT2D eigenvalue weighted by atomic mass is 9.90. The molecule has 2 N–H and O–H groups in total. The maximum absolute atomic E-state index is 12.6. The molecule has 0 saturated carbocycles. The number of nitrogens with zero attached hydrogens (tertiary/aromatic N) is 2. The van der Waals surface area contributed by atoms with E-state index in [4.69, 9.17) is 15.5 Å². The van der Waals surface area contributed by atoms with E-state index < -0.39 is 5.54 Å². The molecule has 0 atom stereocenters. The van der Waals surface area contributed by atoms with E-state index in [1.807, 2.05) is 7.05 Å². The molecule has 0 aromatic carbocycles. The average Bonchev–Trinajstić information content (AvgIpc) is 2.89. The van der Waals surface area contributed by atoms with Crippen LogP contribution < -0.4 is 5.73 Å². The maximum atomic E-state index is 12.6. The molecule has 0 radical (unpaired) electrons. The van der Waals surface area contributed by atoms with Crippen LogP contribution in [-0.4, -0.2) is 41.6 Å². The van der Waals surface area contributed by atoms with Crippen LogP contribution in [0.15, 0.2) is 0 Å². The molecule has 0 unspecified atom stereocenters. The summed E-state index contributed by atoms with van der Waals surface area (Å²) < 4.78 is 5.31. The third-order valence-electron chi connectivity index (χ3n) is 4.42. The van der Waals surface area contributed by atoms with E-state index in [-0.39, 0.29) is 30.7 Å². The summed E-state index contributed by atoms with van der Waals surface area (Å²) >= 11 is 1.76. The number of rotatable bonds is 3. The number of amides is 1. The molecule has 132 valence electrons. The predicted molar refractivity (Wildman–Crippen MR) is 96.7 cm³/mol. The highest BCUT2D eigenvalue weighted by Gasteiger charge is 2.38. The SMILES string of the molecule is CN(Cc1nc2c(s1)CCCC2)C(=O)C1(N)CCOCC1.Cl.Cl. The van der Waals surface area contributed by atoms with Gasteiger partial charge in [-0.2, -0.15) is 0 Å². The van der Waals surface area contributed by atoms with Gasteiger partial charge in [0, 0.05) is 25.1 Å². The number of halogens is 2. The van der Waals surface area contributed by atoms with Crippen molar-refractivity contribution in [1.82, 2.24) is 9.88 Å². The van der Waals surface area contributed by atoms with Crippen LogP contribution in [0.3, 0.4) is 0 Å². The summed E-state index contributed by atoms with van der Waals surface area (Å²) in [5, 5.41) is 1.04. The number of ether oxygens (including phenoxy) is 1. The second kappa shape index (κ2) is 8.62. The molecule has 1 aliphatic heterocycles. The van der Waals surface area contributed by atoms with Gasteiger partial charge in [-0.25, -0.2) is 4.98 Å². The van der Waals surface area contributed by atoms with Crippen molar-refractivity contribution in [1.29, 1.82) is 0 Å². The van der Waals surface area contributed by atoms with E-state index in [9.17, 15) is 4.79 Å². The van der Waals surface area contributed by atoms with Crippen LogP contribution in [0.25, 0.3) is 0 Å². The molecule has 23 heavy (non-hydrogen) atoms. The molecule has 0 bridgehead atoms. The van der Waals surface area contributed by atoms with Gasteiger partial charge in [0.2, 0.25) is 5.91 Å². The van der Waals surface area contributed by atoms with Gasteiger partial charge in [-0.3, -0.25) is 4.79 Å². The van der Waals surface area contributed by atoms with E-state index in [1.54, 1.807) is 16.2 Å². The standard InChI is InChI=1S/C15H23N3O2S.2ClH/c1-18(14(19)15(16)6-8-20-9-7-15)10-13-17-11-4-2-3-5-12(11)21-13;;/h2-10,16H2,1H3;2*1H. The number of nitrogens with two attached hydrogens (primary N) is 1. The van der Waals surface area contributed by atoms with Crippen LogP contribution in [-0.2, 0) is 28.9 Å². The first-order valence-electron chi connectivity index (χ1n) is 7.68. The second-order valence-corrected chi connectivity index (χ2v) is 7.28. The Morgan fingerprint density at radius 3 is 2.61 bits per heavy atom. The number of likely N-dealkylation sites (N-methyl/N-ethyl adjacent to an activating group) is 1. The highest BCUT2D eigenvalue weighted by atomic mass is 35.5. The lowest BCUT2D eigenvalue weighted by Crippen LogP contribution is -2.57. The Kier molecular flexibility index (Phi) is 7.74. The summed E-state index contributed by atoms with van der Waals surface area (Å²) in [6.45, 7) is 1.71. The monoisotopic (exact) mass is 381 g/mol. The van der Waals surface area contributed by atoms with Gasteiger partial charge >= 0.3 is 0 Å². The zero-order valence-corrected chi connectivity index (χ0v) is 15.8. The number of aryl methyl sites for hydroxylation is 2. The van der Waals surface area contributed by atoms with Crippen molar-refractivity contribution in [2.75, 3.05) is 20.3 Å². The number of aromatic nitrogens is 1. The largest absolute Gasteiger partial charge is 0.381 e. The first kappa shape index (κ1) is 20.6. The van der Waals surface area contributed by atoms with Gasteiger partial charge < -0.3 is 15.4 Å². The van der Waals surface area contributed by atoms with Crippen molar-refractivity contribution in [2.45, 2.75) is 50.6 Å². The molecule has 1 aromatic rings. The van der Waals surface area contributed by atoms with Gasteiger partial charge in [0.25, 0.3) is 0 Å². The second-order valence-electron chi connectivity index (χ2n) is 6.11. The predicted octanol–water partition coefficient (Wildman–Crippen LogP) is 2.33. The molecule has 5 nitrogen and oxygen atoms in total.